The lowest BCUT2D eigenvalue weighted by Crippen LogP contribution is -2.61. The molecule has 2 heterocycles. The molecule has 2 aromatic carbocycles. The van der Waals surface area contributed by atoms with Gasteiger partial charge in [0.15, 0.2) is 0 Å². The Morgan fingerprint density at radius 2 is 1.78 bits per heavy atom. The lowest BCUT2D eigenvalue weighted by atomic mass is 9.90. The van der Waals surface area contributed by atoms with Crippen molar-refractivity contribution in [3.05, 3.63) is 65.0 Å². The van der Waals surface area contributed by atoms with E-state index in [9.17, 15) is 17.6 Å². The van der Waals surface area contributed by atoms with Crippen LogP contribution < -0.4 is 5.32 Å². The van der Waals surface area contributed by atoms with Crippen molar-refractivity contribution in [2.75, 3.05) is 31.5 Å². The standard InChI is InChI=1S/C23H25FN4O3S/c1-16-2-7-20(24)12-22(16)26-23(29)27-14-21(15-27)32(30,31)28-10-8-19(9-11-28)18-5-3-17(13-25)4-6-18/h2-7,12,19,21H,8-11,14-15H2,1H3,(H,26,29). The molecule has 0 aliphatic carbocycles. The number of nitriles is 1. The van der Waals surface area contributed by atoms with Crippen molar-refractivity contribution in [2.45, 2.75) is 30.9 Å². The van der Waals surface area contributed by atoms with Gasteiger partial charge in [-0.05, 0) is 61.1 Å². The van der Waals surface area contributed by atoms with E-state index in [1.54, 1.807) is 25.1 Å². The number of hydrogen-bond donors (Lipinski definition) is 1. The van der Waals surface area contributed by atoms with Gasteiger partial charge in [0.25, 0.3) is 0 Å². The highest BCUT2D eigenvalue weighted by Crippen LogP contribution is 2.31. The second-order valence-electron chi connectivity index (χ2n) is 8.37. The van der Waals surface area contributed by atoms with Gasteiger partial charge in [0.2, 0.25) is 10.0 Å². The monoisotopic (exact) mass is 456 g/mol. The molecule has 9 heteroatoms. The van der Waals surface area contributed by atoms with E-state index >= 15 is 0 Å². The Balaban J connectivity index is 1.30. The third-order valence-electron chi connectivity index (χ3n) is 6.32. The maximum absolute atomic E-state index is 13.4. The van der Waals surface area contributed by atoms with Crippen LogP contribution in [0.25, 0.3) is 0 Å². The van der Waals surface area contributed by atoms with Gasteiger partial charge in [0.05, 0.1) is 11.6 Å². The average molecular weight is 457 g/mol. The van der Waals surface area contributed by atoms with Crippen LogP contribution in [-0.2, 0) is 10.0 Å². The Hall–Kier alpha value is -2.96. The van der Waals surface area contributed by atoms with Gasteiger partial charge in [-0.3, -0.25) is 0 Å². The van der Waals surface area contributed by atoms with Gasteiger partial charge in [-0.2, -0.15) is 5.26 Å². The molecule has 0 atom stereocenters. The van der Waals surface area contributed by atoms with Crippen molar-refractivity contribution >= 4 is 21.7 Å². The SMILES string of the molecule is Cc1ccc(F)cc1NC(=O)N1CC(S(=O)(=O)N2CCC(c3ccc(C#N)cc3)CC2)C1. The molecular formula is C23H25FN4O3S. The Morgan fingerprint density at radius 3 is 2.41 bits per heavy atom. The first-order chi connectivity index (χ1) is 15.3. The molecule has 0 bridgehead atoms. The molecular weight excluding hydrogens is 431 g/mol. The number of piperidine rings is 1. The van der Waals surface area contributed by atoms with Gasteiger partial charge < -0.3 is 10.2 Å². The van der Waals surface area contributed by atoms with Crippen LogP contribution in [0.1, 0.15) is 35.4 Å². The van der Waals surface area contributed by atoms with E-state index in [0.717, 1.165) is 24.0 Å². The summed E-state index contributed by atoms with van der Waals surface area (Å²) >= 11 is 0. The Labute approximate surface area is 187 Å². The Bertz CT molecular complexity index is 1150. The zero-order chi connectivity index (χ0) is 22.9. The molecule has 0 saturated carbocycles. The highest BCUT2D eigenvalue weighted by Gasteiger charge is 2.43. The van der Waals surface area contributed by atoms with Gasteiger partial charge in [0, 0.05) is 31.9 Å². The molecule has 2 aliphatic heterocycles. The number of anilines is 1. The molecule has 0 unspecified atom stereocenters. The van der Waals surface area contributed by atoms with Crippen LogP contribution in [-0.4, -0.2) is 55.1 Å². The van der Waals surface area contributed by atoms with Crippen LogP contribution in [0.15, 0.2) is 42.5 Å². The lowest BCUT2D eigenvalue weighted by Gasteiger charge is -2.42. The second-order valence-corrected chi connectivity index (χ2v) is 10.6. The molecule has 2 aliphatic rings. The number of likely N-dealkylation sites (tertiary alicyclic amines) is 1. The van der Waals surface area contributed by atoms with Crippen molar-refractivity contribution < 1.29 is 17.6 Å². The molecule has 4 rings (SSSR count). The maximum Gasteiger partial charge on any atom is 0.321 e. The number of aryl methyl sites for hydroxylation is 1. The number of urea groups is 1. The summed E-state index contributed by atoms with van der Waals surface area (Å²) in [5.74, 6) is -0.174. The zero-order valence-corrected chi connectivity index (χ0v) is 18.6. The molecule has 0 aromatic heterocycles. The minimum Gasteiger partial charge on any atom is -0.322 e. The second kappa shape index (κ2) is 8.88. The fourth-order valence-electron chi connectivity index (χ4n) is 4.20. The molecule has 2 saturated heterocycles. The number of sulfonamides is 1. The number of rotatable bonds is 4. The van der Waals surface area contributed by atoms with E-state index in [4.69, 9.17) is 5.26 Å². The summed E-state index contributed by atoms with van der Waals surface area (Å²) in [6, 6.07) is 13.3. The molecule has 0 radical (unpaired) electrons. The van der Waals surface area contributed by atoms with E-state index < -0.39 is 27.1 Å². The van der Waals surface area contributed by atoms with Gasteiger partial charge in [-0.1, -0.05) is 18.2 Å². The first-order valence-electron chi connectivity index (χ1n) is 10.6. The molecule has 2 amide bonds. The first-order valence-corrected chi connectivity index (χ1v) is 12.1. The number of nitrogens with one attached hydrogen (secondary N) is 1. The zero-order valence-electron chi connectivity index (χ0n) is 17.8. The summed E-state index contributed by atoms with van der Waals surface area (Å²) in [5.41, 5.74) is 2.85. The summed E-state index contributed by atoms with van der Waals surface area (Å²) in [7, 11) is -3.49. The first kappa shape index (κ1) is 22.2. The summed E-state index contributed by atoms with van der Waals surface area (Å²) in [6.45, 7) is 2.90. The van der Waals surface area contributed by atoms with Crippen molar-refractivity contribution in [1.29, 1.82) is 5.26 Å². The van der Waals surface area contributed by atoms with E-state index in [1.807, 2.05) is 12.1 Å². The smallest absolute Gasteiger partial charge is 0.321 e. The van der Waals surface area contributed by atoms with Gasteiger partial charge in [-0.25, -0.2) is 21.9 Å². The van der Waals surface area contributed by atoms with Crippen molar-refractivity contribution in [3.63, 3.8) is 0 Å². The third kappa shape index (κ3) is 4.47. The van der Waals surface area contributed by atoms with Crippen LogP contribution in [0, 0.1) is 24.1 Å². The van der Waals surface area contributed by atoms with E-state index in [-0.39, 0.29) is 19.0 Å². The average Bonchev–Trinajstić information content (AvgIpc) is 2.75. The summed E-state index contributed by atoms with van der Waals surface area (Å²) in [6.07, 6.45) is 1.45. The number of nitrogens with zero attached hydrogens (tertiary/aromatic N) is 3. The molecule has 0 spiro atoms. The fraction of sp³-hybridized carbons (Fsp3) is 0.391. The van der Waals surface area contributed by atoms with Crippen LogP contribution in [0.3, 0.4) is 0 Å². The predicted octanol–water partition coefficient (Wildman–Crippen LogP) is 3.43. The van der Waals surface area contributed by atoms with Crippen molar-refractivity contribution in [1.82, 2.24) is 9.21 Å². The quantitative estimate of drug-likeness (QED) is 0.763. The topological polar surface area (TPSA) is 93.5 Å². The minimum atomic E-state index is -3.49. The molecule has 168 valence electrons. The molecule has 2 fully saturated rings. The van der Waals surface area contributed by atoms with E-state index in [1.165, 1.54) is 21.3 Å². The highest BCUT2D eigenvalue weighted by molar-refractivity contribution is 7.89. The largest absolute Gasteiger partial charge is 0.322 e. The van der Waals surface area contributed by atoms with Gasteiger partial charge >= 0.3 is 6.03 Å². The molecule has 2 aromatic rings. The Kier molecular flexibility index (Phi) is 6.17. The van der Waals surface area contributed by atoms with Crippen molar-refractivity contribution in [2.24, 2.45) is 0 Å². The summed E-state index contributed by atoms with van der Waals surface area (Å²) in [4.78, 5) is 13.8. The number of amides is 2. The number of carbonyl (C=O) groups excluding carboxylic acids is 1. The van der Waals surface area contributed by atoms with Gasteiger partial charge in [-0.15, -0.1) is 0 Å². The third-order valence-corrected chi connectivity index (χ3v) is 8.55. The van der Waals surface area contributed by atoms with Crippen molar-refractivity contribution in [3.8, 4) is 6.07 Å². The molecule has 32 heavy (non-hydrogen) atoms. The minimum absolute atomic E-state index is 0.123. The number of halogens is 1. The lowest BCUT2D eigenvalue weighted by molar-refractivity contribution is 0.179. The highest BCUT2D eigenvalue weighted by atomic mass is 32.2. The molecule has 7 nitrogen and oxygen atoms in total. The van der Waals surface area contributed by atoms with Gasteiger partial charge in [0.1, 0.15) is 11.1 Å². The van der Waals surface area contributed by atoms with Crippen LogP contribution in [0.5, 0.6) is 0 Å². The number of hydrogen-bond acceptors (Lipinski definition) is 4. The number of carbonyl (C=O) groups is 1. The van der Waals surface area contributed by atoms with Crippen LogP contribution in [0.2, 0.25) is 0 Å². The normalized spacial score (nSPS) is 18.1. The van der Waals surface area contributed by atoms with E-state index in [2.05, 4.69) is 11.4 Å². The van der Waals surface area contributed by atoms with Crippen LogP contribution >= 0.6 is 0 Å². The summed E-state index contributed by atoms with van der Waals surface area (Å²) < 4.78 is 41.0. The Morgan fingerprint density at radius 1 is 1.12 bits per heavy atom. The maximum atomic E-state index is 13.4. The molecule has 1 N–H and O–H groups in total. The van der Waals surface area contributed by atoms with Crippen LogP contribution in [0.4, 0.5) is 14.9 Å². The van der Waals surface area contributed by atoms with E-state index in [0.29, 0.717) is 24.3 Å². The fourth-order valence-corrected chi connectivity index (χ4v) is 6.08. The summed E-state index contributed by atoms with van der Waals surface area (Å²) in [5, 5.41) is 11.0. The number of benzene rings is 2. The predicted molar refractivity (Wildman–Crippen MR) is 119 cm³/mol.